The predicted octanol–water partition coefficient (Wildman–Crippen LogP) is 3.18. The van der Waals surface area contributed by atoms with Gasteiger partial charge < -0.3 is 13.9 Å². The van der Waals surface area contributed by atoms with Crippen LogP contribution in [0.1, 0.15) is 12.0 Å². The van der Waals surface area contributed by atoms with E-state index in [-0.39, 0.29) is 0 Å². The van der Waals surface area contributed by atoms with Crippen molar-refractivity contribution in [2.24, 2.45) is 0 Å². The van der Waals surface area contributed by atoms with Gasteiger partial charge in [0.05, 0.1) is 0 Å². The highest BCUT2D eigenvalue weighted by Gasteiger charge is 2.14. The monoisotopic (exact) mass is 270 g/mol. The minimum Gasteiger partial charge on any atom is -0.453 e. The lowest BCUT2D eigenvalue weighted by molar-refractivity contribution is -0.108. The first kappa shape index (κ1) is 12.8. The third kappa shape index (κ3) is 2.29. The number of furan rings is 1. The molecule has 0 aliphatic heterocycles. The van der Waals surface area contributed by atoms with E-state index in [1.54, 1.807) is 26.5 Å². The minimum absolute atomic E-state index is 0.512. The predicted molar refractivity (Wildman–Crippen MR) is 74.0 cm³/mol. The zero-order chi connectivity index (χ0) is 13.9. The molecule has 5 heteroatoms. The Morgan fingerprint density at radius 1 is 1.10 bits per heavy atom. The summed E-state index contributed by atoms with van der Waals surface area (Å²) in [6, 6.07) is 11.5. The minimum atomic E-state index is -0.513. The van der Waals surface area contributed by atoms with E-state index in [0.717, 1.165) is 11.0 Å². The van der Waals surface area contributed by atoms with Crippen LogP contribution in [0, 0.1) is 0 Å². The Hall–Kier alpha value is -2.24. The first-order valence-electron chi connectivity index (χ1n) is 6.19. The molecule has 0 radical (unpaired) electrons. The molecular weight excluding hydrogens is 256 g/mol. The van der Waals surface area contributed by atoms with Gasteiger partial charge in [-0.15, -0.1) is 0 Å². The van der Waals surface area contributed by atoms with Gasteiger partial charge in [-0.2, -0.15) is 0 Å². The highest BCUT2D eigenvalue weighted by atomic mass is 16.7. The van der Waals surface area contributed by atoms with Gasteiger partial charge in [0, 0.05) is 25.8 Å². The average molecular weight is 270 g/mol. The van der Waals surface area contributed by atoms with Crippen molar-refractivity contribution >= 4 is 11.0 Å². The molecule has 2 heterocycles. The number of fused-ring (bicyclic) bond motifs is 1. The molecule has 0 aliphatic rings. The summed E-state index contributed by atoms with van der Waals surface area (Å²) in [5.41, 5.74) is 1.46. The van der Waals surface area contributed by atoms with Gasteiger partial charge in [-0.25, -0.2) is 9.97 Å². The van der Waals surface area contributed by atoms with E-state index in [2.05, 4.69) is 9.97 Å². The molecule has 0 aliphatic carbocycles. The molecule has 3 aromatic rings. The summed E-state index contributed by atoms with van der Waals surface area (Å²) in [7, 11) is 3.13. The number of hydrogen-bond acceptors (Lipinski definition) is 5. The van der Waals surface area contributed by atoms with Crippen LogP contribution in [-0.2, 0) is 9.47 Å². The summed E-state index contributed by atoms with van der Waals surface area (Å²) in [6.45, 7) is 0. The average Bonchev–Trinajstić information content (AvgIpc) is 2.93. The van der Waals surface area contributed by atoms with Gasteiger partial charge in [-0.05, 0) is 18.2 Å². The van der Waals surface area contributed by atoms with Crippen molar-refractivity contribution in [1.29, 1.82) is 0 Å². The van der Waals surface area contributed by atoms with Gasteiger partial charge in [-0.3, -0.25) is 0 Å². The molecule has 0 spiro atoms. The smallest absolute Gasteiger partial charge is 0.200 e. The second-order valence-electron chi connectivity index (χ2n) is 4.26. The van der Waals surface area contributed by atoms with Crippen molar-refractivity contribution in [3.8, 4) is 11.6 Å². The molecule has 0 N–H and O–H groups in total. The molecule has 0 amide bonds. The molecule has 102 valence electrons. The number of aromatic nitrogens is 2. The second-order valence-corrected chi connectivity index (χ2v) is 4.26. The number of para-hydroxylation sites is 1. The maximum atomic E-state index is 5.75. The molecule has 3 rings (SSSR count). The van der Waals surface area contributed by atoms with E-state index in [4.69, 9.17) is 13.9 Å². The summed E-state index contributed by atoms with van der Waals surface area (Å²) in [5, 5.41) is 1.02. The Kier molecular flexibility index (Phi) is 3.45. The van der Waals surface area contributed by atoms with E-state index in [0.29, 0.717) is 17.3 Å². The fourth-order valence-corrected chi connectivity index (χ4v) is 2.05. The van der Waals surface area contributed by atoms with Gasteiger partial charge in [0.15, 0.2) is 11.6 Å². The molecule has 0 unspecified atom stereocenters. The van der Waals surface area contributed by atoms with Crippen LogP contribution in [0.15, 0.2) is 47.0 Å². The molecule has 1 aromatic carbocycles. The lowest BCUT2D eigenvalue weighted by Crippen LogP contribution is -2.07. The van der Waals surface area contributed by atoms with Gasteiger partial charge in [0.1, 0.15) is 11.3 Å². The second kappa shape index (κ2) is 5.40. The molecule has 2 aromatic heterocycles. The van der Waals surface area contributed by atoms with Crippen molar-refractivity contribution in [2.45, 2.75) is 6.29 Å². The Balaban J connectivity index is 2.03. The zero-order valence-corrected chi connectivity index (χ0v) is 11.2. The van der Waals surface area contributed by atoms with Crippen LogP contribution < -0.4 is 0 Å². The van der Waals surface area contributed by atoms with Crippen molar-refractivity contribution in [3.63, 3.8) is 0 Å². The molecule has 0 atom stereocenters. The fourth-order valence-electron chi connectivity index (χ4n) is 2.05. The third-order valence-electron chi connectivity index (χ3n) is 2.99. The quantitative estimate of drug-likeness (QED) is 0.681. The first-order valence-corrected chi connectivity index (χ1v) is 6.19. The summed E-state index contributed by atoms with van der Waals surface area (Å²) in [4.78, 5) is 8.67. The third-order valence-corrected chi connectivity index (χ3v) is 2.99. The van der Waals surface area contributed by atoms with E-state index in [1.165, 1.54) is 0 Å². The Labute approximate surface area is 116 Å². The SMILES string of the molecule is COC(OC)c1ccnc(-c2cc3ccccc3o2)n1. The zero-order valence-electron chi connectivity index (χ0n) is 11.2. The van der Waals surface area contributed by atoms with E-state index in [9.17, 15) is 0 Å². The largest absolute Gasteiger partial charge is 0.453 e. The molecule has 0 fully saturated rings. The Morgan fingerprint density at radius 2 is 1.90 bits per heavy atom. The summed E-state index contributed by atoms with van der Waals surface area (Å²) < 4.78 is 16.1. The highest BCUT2D eigenvalue weighted by Crippen LogP contribution is 2.26. The van der Waals surface area contributed by atoms with Crippen LogP contribution in [-0.4, -0.2) is 24.2 Å². The Bertz CT molecular complexity index is 687. The fraction of sp³-hybridized carbons (Fsp3) is 0.200. The maximum absolute atomic E-state index is 5.75. The van der Waals surface area contributed by atoms with Gasteiger partial charge in [0.25, 0.3) is 0 Å². The van der Waals surface area contributed by atoms with Gasteiger partial charge in [-0.1, -0.05) is 18.2 Å². The van der Waals surface area contributed by atoms with Crippen LogP contribution in [0.3, 0.4) is 0 Å². The maximum Gasteiger partial charge on any atom is 0.200 e. The first-order chi connectivity index (χ1) is 9.81. The lowest BCUT2D eigenvalue weighted by atomic mass is 10.2. The van der Waals surface area contributed by atoms with Crippen LogP contribution in [0.25, 0.3) is 22.6 Å². The molecule has 0 bridgehead atoms. The van der Waals surface area contributed by atoms with Crippen molar-refractivity contribution in [2.75, 3.05) is 14.2 Å². The highest BCUT2D eigenvalue weighted by molar-refractivity contribution is 5.81. The number of rotatable bonds is 4. The van der Waals surface area contributed by atoms with E-state index in [1.807, 2.05) is 30.3 Å². The lowest BCUT2D eigenvalue weighted by Gasteiger charge is -2.12. The Morgan fingerprint density at radius 3 is 2.65 bits per heavy atom. The van der Waals surface area contributed by atoms with Crippen molar-refractivity contribution < 1.29 is 13.9 Å². The number of methoxy groups -OCH3 is 2. The van der Waals surface area contributed by atoms with Crippen LogP contribution in [0.2, 0.25) is 0 Å². The van der Waals surface area contributed by atoms with E-state index < -0.39 is 6.29 Å². The molecule has 5 nitrogen and oxygen atoms in total. The standard InChI is InChI=1S/C15H14N2O3/c1-18-15(19-2)11-7-8-16-14(17-11)13-9-10-5-3-4-6-12(10)20-13/h3-9,15H,1-2H3. The summed E-state index contributed by atoms with van der Waals surface area (Å²) in [5.74, 6) is 1.14. The van der Waals surface area contributed by atoms with Gasteiger partial charge >= 0.3 is 0 Å². The van der Waals surface area contributed by atoms with Crippen LogP contribution in [0.5, 0.6) is 0 Å². The topological polar surface area (TPSA) is 57.4 Å². The van der Waals surface area contributed by atoms with Gasteiger partial charge in [0.2, 0.25) is 6.29 Å². The molecule has 0 saturated carbocycles. The van der Waals surface area contributed by atoms with Crippen LogP contribution >= 0.6 is 0 Å². The molecule has 20 heavy (non-hydrogen) atoms. The molecule has 0 saturated heterocycles. The van der Waals surface area contributed by atoms with Crippen molar-refractivity contribution in [1.82, 2.24) is 9.97 Å². The normalized spacial score (nSPS) is 11.3. The summed E-state index contributed by atoms with van der Waals surface area (Å²) in [6.07, 6.45) is 1.15. The number of benzene rings is 1. The number of nitrogens with zero attached hydrogens (tertiary/aromatic N) is 2. The summed E-state index contributed by atoms with van der Waals surface area (Å²) >= 11 is 0. The van der Waals surface area contributed by atoms with Crippen LogP contribution in [0.4, 0.5) is 0 Å². The number of ether oxygens (including phenoxy) is 2. The molecular formula is C15H14N2O3. The van der Waals surface area contributed by atoms with E-state index >= 15 is 0 Å². The van der Waals surface area contributed by atoms with Crippen molar-refractivity contribution in [3.05, 3.63) is 48.3 Å². The number of hydrogen-bond donors (Lipinski definition) is 0.